The van der Waals surface area contributed by atoms with Crippen molar-refractivity contribution in [2.24, 2.45) is 0 Å². The Labute approximate surface area is 110 Å². The van der Waals surface area contributed by atoms with Crippen LogP contribution in [0, 0.1) is 0 Å². The highest BCUT2D eigenvalue weighted by Crippen LogP contribution is 2.24. The highest BCUT2D eigenvalue weighted by Gasteiger charge is 2.18. The third-order valence-corrected chi connectivity index (χ3v) is 4.03. The Morgan fingerprint density at radius 3 is 2.56 bits per heavy atom. The summed E-state index contributed by atoms with van der Waals surface area (Å²) in [5.41, 5.74) is 0. The largest absolute Gasteiger partial charge is 0.242 e. The molecule has 1 unspecified atom stereocenters. The number of nitrogens with one attached hydrogen (secondary N) is 1. The van der Waals surface area contributed by atoms with Crippen molar-refractivity contribution in [2.75, 3.05) is 6.54 Å². The van der Waals surface area contributed by atoms with E-state index in [0.29, 0.717) is 5.02 Å². The number of hydrogen-bond acceptors (Lipinski definition) is 2. The van der Waals surface area contributed by atoms with E-state index in [-0.39, 0.29) is 21.8 Å². The van der Waals surface area contributed by atoms with Crippen LogP contribution in [0.15, 0.2) is 23.1 Å². The zero-order valence-corrected chi connectivity index (χ0v) is 11.5. The molecule has 0 aliphatic heterocycles. The van der Waals surface area contributed by atoms with Gasteiger partial charge in [0.15, 0.2) is 0 Å². The first-order chi connectivity index (χ1) is 7.33. The van der Waals surface area contributed by atoms with Crippen LogP contribution in [0.3, 0.4) is 0 Å². The molecule has 0 aromatic heterocycles. The Kier molecular flexibility index (Phi) is 4.88. The molecule has 0 aliphatic rings. The molecule has 7 heteroatoms. The molecule has 1 atom stereocenters. The summed E-state index contributed by atoms with van der Waals surface area (Å²) in [4.78, 5) is -0.0426. The van der Waals surface area contributed by atoms with Gasteiger partial charge in [-0.1, -0.05) is 23.2 Å². The minimum absolute atomic E-state index is 0.0426. The minimum Gasteiger partial charge on any atom is -0.210 e. The Morgan fingerprint density at radius 2 is 2.00 bits per heavy atom. The van der Waals surface area contributed by atoms with Crippen LogP contribution in [0.5, 0.6) is 0 Å². The summed E-state index contributed by atoms with van der Waals surface area (Å²) in [5, 5.41) is 0.135. The second-order valence-corrected chi connectivity index (χ2v) is 6.53. The third kappa shape index (κ3) is 3.79. The van der Waals surface area contributed by atoms with Gasteiger partial charge in [-0.15, -0.1) is 11.6 Å². The highest BCUT2D eigenvalue weighted by atomic mass is 35.5. The zero-order chi connectivity index (χ0) is 12.3. The normalized spacial score (nSPS) is 13.8. The maximum atomic E-state index is 11.8. The SMILES string of the molecule is CC(Cl)CNS(=O)(=O)c1cc(Cl)ccc1Cl. The van der Waals surface area contributed by atoms with Gasteiger partial charge in [0.2, 0.25) is 10.0 Å². The lowest BCUT2D eigenvalue weighted by molar-refractivity contribution is 0.581. The van der Waals surface area contributed by atoms with Gasteiger partial charge >= 0.3 is 0 Å². The van der Waals surface area contributed by atoms with Crippen molar-refractivity contribution in [2.45, 2.75) is 17.2 Å². The van der Waals surface area contributed by atoms with Gasteiger partial charge < -0.3 is 0 Å². The Bertz CT molecular complexity index is 474. The van der Waals surface area contributed by atoms with Crippen LogP contribution >= 0.6 is 34.8 Å². The smallest absolute Gasteiger partial charge is 0.210 e. The predicted octanol–water partition coefficient (Wildman–Crippen LogP) is 2.90. The van der Waals surface area contributed by atoms with Crippen LogP contribution < -0.4 is 4.72 Å². The first-order valence-electron chi connectivity index (χ1n) is 4.41. The van der Waals surface area contributed by atoms with Crippen molar-refractivity contribution >= 4 is 44.8 Å². The molecule has 0 aliphatic carbocycles. The topological polar surface area (TPSA) is 46.2 Å². The molecule has 3 nitrogen and oxygen atoms in total. The summed E-state index contributed by atoms with van der Waals surface area (Å²) in [7, 11) is -3.66. The summed E-state index contributed by atoms with van der Waals surface area (Å²) in [6, 6.07) is 4.25. The summed E-state index contributed by atoms with van der Waals surface area (Å²) < 4.78 is 25.9. The molecule has 0 heterocycles. The average molecular weight is 303 g/mol. The molecule has 1 aromatic carbocycles. The predicted molar refractivity (Wildman–Crippen MR) is 67.0 cm³/mol. The second kappa shape index (κ2) is 5.56. The molecule has 1 aromatic rings. The van der Waals surface area contributed by atoms with Crippen molar-refractivity contribution < 1.29 is 8.42 Å². The Morgan fingerprint density at radius 1 is 1.38 bits per heavy atom. The molecule has 0 bridgehead atoms. The summed E-state index contributed by atoms with van der Waals surface area (Å²) in [5.74, 6) is 0. The van der Waals surface area contributed by atoms with Crippen LogP contribution in [0.4, 0.5) is 0 Å². The molecule has 0 radical (unpaired) electrons. The van der Waals surface area contributed by atoms with Crippen LogP contribution in [-0.4, -0.2) is 20.3 Å². The van der Waals surface area contributed by atoms with Gasteiger partial charge in [0.1, 0.15) is 4.90 Å². The van der Waals surface area contributed by atoms with Crippen LogP contribution in [0.1, 0.15) is 6.92 Å². The van der Waals surface area contributed by atoms with Crippen molar-refractivity contribution in [3.05, 3.63) is 28.2 Å². The van der Waals surface area contributed by atoms with E-state index in [1.54, 1.807) is 6.92 Å². The monoisotopic (exact) mass is 301 g/mol. The lowest BCUT2D eigenvalue weighted by atomic mass is 10.4. The molecule has 16 heavy (non-hydrogen) atoms. The molecular weight excluding hydrogens is 293 g/mol. The van der Waals surface area contributed by atoms with Crippen molar-refractivity contribution in [1.82, 2.24) is 4.72 Å². The highest BCUT2D eigenvalue weighted by molar-refractivity contribution is 7.89. The van der Waals surface area contributed by atoms with E-state index in [4.69, 9.17) is 34.8 Å². The number of sulfonamides is 1. The maximum Gasteiger partial charge on any atom is 0.242 e. The van der Waals surface area contributed by atoms with Gasteiger partial charge in [-0.2, -0.15) is 0 Å². The van der Waals surface area contributed by atoms with E-state index in [1.807, 2.05) is 0 Å². The van der Waals surface area contributed by atoms with E-state index in [2.05, 4.69) is 4.72 Å². The third-order valence-electron chi connectivity index (χ3n) is 1.74. The van der Waals surface area contributed by atoms with Crippen LogP contribution in [0.25, 0.3) is 0 Å². The van der Waals surface area contributed by atoms with Gasteiger partial charge in [0.25, 0.3) is 0 Å². The number of halogens is 3. The standard InChI is InChI=1S/C9H10Cl3NO2S/c1-6(10)5-13-16(14,15)9-4-7(11)2-3-8(9)12/h2-4,6,13H,5H2,1H3. The van der Waals surface area contributed by atoms with E-state index in [0.717, 1.165) is 0 Å². The van der Waals surface area contributed by atoms with E-state index >= 15 is 0 Å². The fourth-order valence-electron chi connectivity index (χ4n) is 0.985. The summed E-state index contributed by atoms with van der Waals surface area (Å²) >= 11 is 17.2. The number of hydrogen-bond donors (Lipinski definition) is 1. The Hall–Kier alpha value is -0.000000000000000111. The minimum atomic E-state index is -3.66. The lowest BCUT2D eigenvalue weighted by Crippen LogP contribution is -2.28. The van der Waals surface area contributed by atoms with E-state index < -0.39 is 10.0 Å². The van der Waals surface area contributed by atoms with Gasteiger partial charge in [-0.25, -0.2) is 13.1 Å². The number of rotatable bonds is 4. The molecule has 90 valence electrons. The van der Waals surface area contributed by atoms with E-state index in [1.165, 1.54) is 18.2 Å². The quantitative estimate of drug-likeness (QED) is 0.869. The molecule has 0 amide bonds. The van der Waals surface area contributed by atoms with Crippen molar-refractivity contribution in [1.29, 1.82) is 0 Å². The lowest BCUT2D eigenvalue weighted by Gasteiger charge is -2.09. The van der Waals surface area contributed by atoms with Gasteiger partial charge in [0.05, 0.1) is 5.02 Å². The second-order valence-electron chi connectivity index (χ2n) is 3.21. The molecule has 0 saturated carbocycles. The van der Waals surface area contributed by atoms with Crippen LogP contribution in [0.2, 0.25) is 10.0 Å². The first kappa shape index (κ1) is 14.1. The summed E-state index contributed by atoms with van der Waals surface area (Å²) in [6.45, 7) is 1.82. The molecule has 1 rings (SSSR count). The zero-order valence-electron chi connectivity index (χ0n) is 8.38. The van der Waals surface area contributed by atoms with Crippen LogP contribution in [-0.2, 0) is 10.0 Å². The Balaban J connectivity index is 3.02. The van der Waals surface area contributed by atoms with Gasteiger partial charge in [-0.05, 0) is 25.1 Å². The maximum absolute atomic E-state index is 11.8. The van der Waals surface area contributed by atoms with E-state index in [9.17, 15) is 8.42 Å². The first-order valence-corrected chi connectivity index (χ1v) is 7.09. The van der Waals surface area contributed by atoms with Crippen molar-refractivity contribution in [3.8, 4) is 0 Å². The summed E-state index contributed by atoms with van der Waals surface area (Å²) in [6.07, 6.45) is 0. The molecule has 0 saturated heterocycles. The molecule has 0 spiro atoms. The number of alkyl halides is 1. The van der Waals surface area contributed by atoms with Gasteiger partial charge in [0, 0.05) is 16.9 Å². The fourth-order valence-corrected chi connectivity index (χ4v) is 3.04. The number of benzene rings is 1. The molecule has 0 fully saturated rings. The van der Waals surface area contributed by atoms with Crippen molar-refractivity contribution in [3.63, 3.8) is 0 Å². The van der Waals surface area contributed by atoms with Gasteiger partial charge in [-0.3, -0.25) is 0 Å². The average Bonchev–Trinajstić information content (AvgIpc) is 2.19. The molecule has 1 N–H and O–H groups in total. The fraction of sp³-hybridized carbons (Fsp3) is 0.333. The molecular formula is C9H10Cl3NO2S.